The van der Waals surface area contributed by atoms with Crippen LogP contribution < -0.4 is 15.4 Å². The molecule has 0 radical (unpaired) electrons. The molecule has 4 nitrogen and oxygen atoms in total. The van der Waals surface area contributed by atoms with Crippen molar-refractivity contribution in [1.82, 2.24) is 10.6 Å². The van der Waals surface area contributed by atoms with E-state index < -0.39 is 0 Å². The molecule has 0 saturated heterocycles. The van der Waals surface area contributed by atoms with E-state index in [2.05, 4.69) is 16.7 Å². The van der Waals surface area contributed by atoms with Gasteiger partial charge in [0, 0.05) is 11.4 Å². The summed E-state index contributed by atoms with van der Waals surface area (Å²) in [5, 5.41) is 9.98. The number of carbonyl (C=O) groups is 1. The van der Waals surface area contributed by atoms with Gasteiger partial charge in [0.05, 0.1) is 13.7 Å². The molecule has 0 atom stereocenters. The summed E-state index contributed by atoms with van der Waals surface area (Å²) >= 11 is 1.63. The number of amides is 2. The first-order chi connectivity index (χ1) is 11.2. The van der Waals surface area contributed by atoms with Gasteiger partial charge >= 0.3 is 6.03 Å². The van der Waals surface area contributed by atoms with Crippen molar-refractivity contribution in [2.75, 3.05) is 7.11 Å². The van der Waals surface area contributed by atoms with Crippen molar-refractivity contribution in [3.8, 4) is 5.75 Å². The van der Waals surface area contributed by atoms with Gasteiger partial charge in [0.25, 0.3) is 0 Å². The molecule has 1 heterocycles. The molecule has 0 unspecified atom stereocenters. The number of hydrogen-bond acceptors (Lipinski definition) is 3. The molecule has 0 spiro atoms. The van der Waals surface area contributed by atoms with Gasteiger partial charge in [0.1, 0.15) is 5.75 Å². The van der Waals surface area contributed by atoms with Crippen LogP contribution in [0, 0.1) is 0 Å². The largest absolute Gasteiger partial charge is 0.497 e. The minimum Gasteiger partial charge on any atom is -0.497 e. The van der Waals surface area contributed by atoms with E-state index in [-0.39, 0.29) is 6.03 Å². The number of rotatable bonds is 5. The molecule has 5 heteroatoms. The van der Waals surface area contributed by atoms with Crippen LogP contribution in [0.2, 0.25) is 0 Å². The van der Waals surface area contributed by atoms with E-state index >= 15 is 0 Å². The van der Waals surface area contributed by atoms with Crippen LogP contribution >= 0.6 is 11.3 Å². The second-order valence-electron chi connectivity index (χ2n) is 5.16. The summed E-state index contributed by atoms with van der Waals surface area (Å²) in [4.78, 5) is 13.0. The molecule has 23 heavy (non-hydrogen) atoms. The topological polar surface area (TPSA) is 50.4 Å². The molecule has 3 aromatic rings. The number of carbonyl (C=O) groups excluding carboxylic acids is 1. The zero-order chi connectivity index (χ0) is 16.1. The molecule has 2 N–H and O–H groups in total. The summed E-state index contributed by atoms with van der Waals surface area (Å²) in [5.74, 6) is 0.844. The Hall–Kier alpha value is -2.53. The summed E-state index contributed by atoms with van der Waals surface area (Å²) in [6, 6.07) is 15.9. The predicted octanol–water partition coefficient (Wildman–Crippen LogP) is 3.91. The third kappa shape index (κ3) is 4.02. The monoisotopic (exact) mass is 326 g/mol. The van der Waals surface area contributed by atoms with Crippen molar-refractivity contribution >= 4 is 28.1 Å². The highest BCUT2D eigenvalue weighted by molar-refractivity contribution is 7.09. The Labute approximate surface area is 139 Å². The molecule has 3 rings (SSSR count). The number of ether oxygens (including phenoxy) is 1. The van der Waals surface area contributed by atoms with E-state index in [1.54, 1.807) is 18.4 Å². The van der Waals surface area contributed by atoms with E-state index in [1.165, 1.54) is 0 Å². The summed E-state index contributed by atoms with van der Waals surface area (Å²) in [5.41, 5.74) is 1.06. The normalized spacial score (nSPS) is 10.5. The van der Waals surface area contributed by atoms with Gasteiger partial charge in [0.15, 0.2) is 0 Å². The summed E-state index contributed by atoms with van der Waals surface area (Å²) in [6.45, 7) is 1.05. The number of urea groups is 1. The maximum atomic E-state index is 11.8. The maximum Gasteiger partial charge on any atom is 0.315 e. The lowest BCUT2D eigenvalue weighted by molar-refractivity contribution is 0.240. The first kappa shape index (κ1) is 15.4. The molecule has 0 saturated carbocycles. The van der Waals surface area contributed by atoms with E-state index in [1.807, 2.05) is 47.8 Å². The molecule has 1 aromatic heterocycles. The van der Waals surface area contributed by atoms with Gasteiger partial charge in [-0.15, -0.1) is 11.3 Å². The van der Waals surface area contributed by atoms with Crippen LogP contribution in [0.25, 0.3) is 10.8 Å². The number of hydrogen-bond donors (Lipinski definition) is 2. The Morgan fingerprint density at radius 2 is 1.83 bits per heavy atom. The average molecular weight is 326 g/mol. The second kappa shape index (κ2) is 7.15. The van der Waals surface area contributed by atoms with Crippen LogP contribution in [0.15, 0.2) is 53.9 Å². The Balaban J connectivity index is 1.57. The fourth-order valence-corrected chi connectivity index (χ4v) is 2.98. The molecule has 0 aliphatic carbocycles. The van der Waals surface area contributed by atoms with Crippen molar-refractivity contribution < 1.29 is 9.53 Å². The minimum atomic E-state index is -0.159. The Kier molecular flexibility index (Phi) is 4.78. The van der Waals surface area contributed by atoms with Crippen LogP contribution in [0.1, 0.15) is 10.4 Å². The molecule has 0 aliphatic heterocycles. The van der Waals surface area contributed by atoms with Crippen molar-refractivity contribution in [3.05, 3.63) is 64.4 Å². The van der Waals surface area contributed by atoms with Gasteiger partial charge in [-0.05, 0) is 46.0 Å². The second-order valence-corrected chi connectivity index (χ2v) is 6.20. The Bertz CT molecular complexity index is 800. The van der Waals surface area contributed by atoms with Crippen LogP contribution in [0.4, 0.5) is 4.79 Å². The maximum absolute atomic E-state index is 11.8. The van der Waals surface area contributed by atoms with Crippen LogP contribution in [0.3, 0.4) is 0 Å². The standard InChI is InChI=1S/C18H18N2O2S/c1-22-16-7-6-14-9-13(4-5-15(14)10-16)11-19-18(21)20-12-17-3-2-8-23-17/h2-10H,11-12H2,1H3,(H2,19,20,21). The molecule has 2 aromatic carbocycles. The van der Waals surface area contributed by atoms with Gasteiger partial charge in [-0.25, -0.2) is 4.79 Å². The molecule has 0 bridgehead atoms. The van der Waals surface area contributed by atoms with Gasteiger partial charge in [-0.2, -0.15) is 0 Å². The van der Waals surface area contributed by atoms with Crippen molar-refractivity contribution in [1.29, 1.82) is 0 Å². The predicted molar refractivity (Wildman–Crippen MR) is 93.9 cm³/mol. The molecule has 2 amide bonds. The van der Waals surface area contributed by atoms with Gasteiger partial charge in [-0.1, -0.05) is 24.3 Å². The lowest BCUT2D eigenvalue weighted by Gasteiger charge is -2.08. The lowest BCUT2D eigenvalue weighted by atomic mass is 10.1. The van der Waals surface area contributed by atoms with E-state index in [9.17, 15) is 4.79 Å². The number of fused-ring (bicyclic) bond motifs is 1. The molecular formula is C18H18N2O2S. The summed E-state index contributed by atoms with van der Waals surface area (Å²) in [7, 11) is 1.66. The molecule has 118 valence electrons. The number of methoxy groups -OCH3 is 1. The van der Waals surface area contributed by atoms with E-state index in [0.717, 1.165) is 27.0 Å². The zero-order valence-electron chi connectivity index (χ0n) is 12.8. The highest BCUT2D eigenvalue weighted by Crippen LogP contribution is 2.21. The van der Waals surface area contributed by atoms with E-state index in [0.29, 0.717) is 13.1 Å². The van der Waals surface area contributed by atoms with Crippen molar-refractivity contribution in [2.45, 2.75) is 13.1 Å². The molecule has 0 fully saturated rings. The highest BCUT2D eigenvalue weighted by atomic mass is 32.1. The quantitative estimate of drug-likeness (QED) is 0.747. The third-order valence-corrected chi connectivity index (χ3v) is 4.44. The Morgan fingerprint density at radius 1 is 1.04 bits per heavy atom. The van der Waals surface area contributed by atoms with Gasteiger partial charge in [0.2, 0.25) is 0 Å². The number of thiophene rings is 1. The SMILES string of the molecule is COc1ccc2cc(CNC(=O)NCc3cccs3)ccc2c1. The van der Waals surface area contributed by atoms with Gasteiger partial charge in [-0.3, -0.25) is 0 Å². The van der Waals surface area contributed by atoms with Gasteiger partial charge < -0.3 is 15.4 Å². The zero-order valence-corrected chi connectivity index (χ0v) is 13.7. The summed E-state index contributed by atoms with van der Waals surface area (Å²) < 4.78 is 5.22. The first-order valence-electron chi connectivity index (χ1n) is 7.35. The highest BCUT2D eigenvalue weighted by Gasteiger charge is 2.03. The molecule has 0 aliphatic rings. The smallest absolute Gasteiger partial charge is 0.315 e. The fourth-order valence-electron chi connectivity index (χ4n) is 2.34. The number of nitrogens with one attached hydrogen (secondary N) is 2. The Morgan fingerprint density at radius 3 is 2.61 bits per heavy atom. The van der Waals surface area contributed by atoms with Crippen LogP contribution in [0.5, 0.6) is 5.75 Å². The lowest BCUT2D eigenvalue weighted by Crippen LogP contribution is -2.34. The van der Waals surface area contributed by atoms with Crippen molar-refractivity contribution in [3.63, 3.8) is 0 Å². The third-order valence-electron chi connectivity index (χ3n) is 3.57. The molecular weight excluding hydrogens is 308 g/mol. The first-order valence-corrected chi connectivity index (χ1v) is 8.23. The minimum absolute atomic E-state index is 0.159. The number of benzene rings is 2. The average Bonchev–Trinajstić information content (AvgIpc) is 3.11. The summed E-state index contributed by atoms with van der Waals surface area (Å²) in [6.07, 6.45) is 0. The van der Waals surface area contributed by atoms with Crippen LogP contribution in [-0.2, 0) is 13.1 Å². The fraction of sp³-hybridized carbons (Fsp3) is 0.167. The van der Waals surface area contributed by atoms with Crippen molar-refractivity contribution in [2.24, 2.45) is 0 Å². The van der Waals surface area contributed by atoms with E-state index in [4.69, 9.17) is 4.74 Å². The van der Waals surface area contributed by atoms with Crippen LogP contribution in [-0.4, -0.2) is 13.1 Å².